The zero-order chi connectivity index (χ0) is 10.6. The van der Waals surface area contributed by atoms with E-state index in [0.29, 0.717) is 0 Å². The molecule has 0 saturated carbocycles. The van der Waals surface area contributed by atoms with Gasteiger partial charge in [-0.25, -0.2) is 4.98 Å². The van der Waals surface area contributed by atoms with Gasteiger partial charge in [0.1, 0.15) is 5.82 Å². The van der Waals surface area contributed by atoms with Gasteiger partial charge in [-0.3, -0.25) is 0 Å². The molecule has 1 aromatic carbocycles. The van der Waals surface area contributed by atoms with Crippen molar-refractivity contribution in [3.63, 3.8) is 0 Å². The predicted molar refractivity (Wildman–Crippen MR) is 65.5 cm³/mol. The van der Waals surface area contributed by atoms with E-state index < -0.39 is 0 Å². The van der Waals surface area contributed by atoms with Gasteiger partial charge < -0.3 is 4.57 Å². The van der Waals surface area contributed by atoms with E-state index in [4.69, 9.17) is 0 Å². The lowest BCUT2D eigenvalue weighted by atomic mass is 10.3. The van der Waals surface area contributed by atoms with Crippen LogP contribution in [-0.2, 0) is 13.2 Å². The molecule has 0 saturated heterocycles. The molecule has 1 atom stereocenters. The van der Waals surface area contributed by atoms with E-state index >= 15 is 0 Å². The Morgan fingerprint density at radius 2 is 1.93 bits per heavy atom. The molecule has 1 heterocycles. The molecule has 2 rings (SSSR count). The molecule has 1 aromatic heterocycles. The fourth-order valence-electron chi connectivity index (χ4n) is 1.38. The summed E-state index contributed by atoms with van der Waals surface area (Å²) in [5.41, 5.74) is 2.28. The molecule has 1 unspecified atom stereocenters. The molecular weight excluding hydrogens is 191 g/mol. The molecule has 0 fully saturated rings. The highest BCUT2D eigenvalue weighted by molar-refractivity contribution is 7.15. The van der Waals surface area contributed by atoms with Crippen LogP contribution in [0.3, 0.4) is 0 Å². The molecule has 0 radical (unpaired) electrons. The monoisotopic (exact) mass is 208 g/mol. The van der Waals surface area contributed by atoms with Gasteiger partial charge in [-0.1, -0.05) is 26.0 Å². The van der Waals surface area contributed by atoms with Gasteiger partial charge in [0.2, 0.25) is 0 Å². The zero-order valence-corrected chi connectivity index (χ0v) is 10.1. The van der Waals surface area contributed by atoms with Crippen molar-refractivity contribution in [2.75, 3.05) is 0 Å². The number of imidazole rings is 1. The van der Waals surface area contributed by atoms with Crippen molar-refractivity contribution < 1.29 is 0 Å². The number of aryl methyl sites for hydroxylation is 1. The van der Waals surface area contributed by atoms with Crippen molar-refractivity contribution in [3.05, 3.63) is 30.1 Å². The summed E-state index contributed by atoms with van der Waals surface area (Å²) in [6.07, 6.45) is 0.908. The number of para-hydroxylation sites is 2. The summed E-state index contributed by atoms with van der Waals surface area (Å²) in [6.45, 7) is 4.00. The first-order valence-corrected chi connectivity index (χ1v) is 5.75. The lowest BCUT2D eigenvalue weighted by Gasteiger charge is -1.96. The van der Waals surface area contributed by atoms with E-state index in [9.17, 15) is 0 Å². The highest BCUT2D eigenvalue weighted by Gasteiger charge is 2.03. The fraction of sp³-hybridized carbons (Fsp3) is 0.364. The van der Waals surface area contributed by atoms with E-state index in [1.165, 1.54) is 5.52 Å². The maximum Gasteiger partial charge on any atom is 0.113 e. The quantitative estimate of drug-likeness (QED) is 0.659. The number of nitrogens with zero attached hydrogens (tertiary/aromatic N) is 2. The van der Waals surface area contributed by atoms with E-state index in [1.54, 1.807) is 0 Å². The van der Waals surface area contributed by atoms with Crippen LogP contribution in [-0.4, -0.2) is 9.55 Å². The van der Waals surface area contributed by atoms with Crippen LogP contribution in [0.5, 0.6) is 0 Å². The first-order chi connectivity index (χ1) is 6.83. The van der Waals surface area contributed by atoms with E-state index in [0.717, 1.165) is 17.5 Å². The van der Waals surface area contributed by atoms with Gasteiger partial charge in [-0.15, -0.1) is 9.24 Å². The highest BCUT2D eigenvalue weighted by atomic mass is 31.0. The minimum absolute atomic E-state index is 0.908. The molecule has 0 bridgehead atoms. The molecule has 0 N–H and O–H groups in total. The van der Waals surface area contributed by atoms with Crippen LogP contribution in [0, 0.1) is 0 Å². The van der Waals surface area contributed by atoms with Gasteiger partial charge in [-0.05, 0) is 12.1 Å². The number of fused-ring (bicyclic) bond motifs is 1. The molecule has 14 heavy (non-hydrogen) atoms. The highest BCUT2D eigenvalue weighted by Crippen LogP contribution is 2.15. The standard InChI is InChI=1S/C9H11N2P.C2H6/c1-11-8-5-3-2-4-7(8)10-9(11)6-12;1-2/h2-5H,6,12H2,1H3;1-2H3. The Kier molecular flexibility index (Phi) is 4.09. The Hall–Kier alpha value is -0.880. The van der Waals surface area contributed by atoms with Crippen LogP contribution in [0.1, 0.15) is 19.7 Å². The number of aromatic nitrogens is 2. The number of hydrogen-bond donors (Lipinski definition) is 0. The SMILES string of the molecule is CC.Cn1c(CP)nc2ccccc21. The summed E-state index contributed by atoms with van der Waals surface area (Å²) >= 11 is 0. The first-order valence-electron chi connectivity index (χ1n) is 4.93. The summed E-state index contributed by atoms with van der Waals surface area (Å²) in [4.78, 5) is 4.47. The topological polar surface area (TPSA) is 17.8 Å². The average molecular weight is 208 g/mol. The van der Waals surface area contributed by atoms with Crippen molar-refractivity contribution in [2.45, 2.75) is 20.0 Å². The largest absolute Gasteiger partial charge is 0.331 e. The van der Waals surface area contributed by atoms with Crippen LogP contribution in [0.25, 0.3) is 11.0 Å². The van der Waals surface area contributed by atoms with Gasteiger partial charge >= 0.3 is 0 Å². The van der Waals surface area contributed by atoms with Gasteiger partial charge in [0.25, 0.3) is 0 Å². The Labute approximate surface area is 87.5 Å². The van der Waals surface area contributed by atoms with Gasteiger partial charge in [0.05, 0.1) is 11.0 Å². The molecule has 76 valence electrons. The van der Waals surface area contributed by atoms with Crippen molar-refractivity contribution in [1.82, 2.24) is 9.55 Å². The predicted octanol–water partition coefficient (Wildman–Crippen LogP) is 2.97. The van der Waals surface area contributed by atoms with Crippen molar-refractivity contribution in [1.29, 1.82) is 0 Å². The molecule has 0 amide bonds. The molecular formula is C11H17N2P. The van der Waals surface area contributed by atoms with Crippen molar-refractivity contribution >= 4 is 20.3 Å². The minimum atomic E-state index is 0.908. The Bertz CT molecular complexity index is 407. The van der Waals surface area contributed by atoms with Gasteiger partial charge in [-0.2, -0.15) is 0 Å². The Balaban J connectivity index is 0.000000461. The lowest BCUT2D eigenvalue weighted by molar-refractivity contribution is 0.876. The van der Waals surface area contributed by atoms with Gasteiger partial charge in [0.15, 0.2) is 0 Å². The minimum Gasteiger partial charge on any atom is -0.331 e. The number of benzene rings is 1. The van der Waals surface area contributed by atoms with Crippen molar-refractivity contribution in [3.8, 4) is 0 Å². The van der Waals surface area contributed by atoms with Crippen LogP contribution in [0.4, 0.5) is 0 Å². The molecule has 0 aliphatic rings. The van der Waals surface area contributed by atoms with Crippen LogP contribution in [0.2, 0.25) is 0 Å². The molecule has 0 spiro atoms. The molecule has 2 nitrogen and oxygen atoms in total. The van der Waals surface area contributed by atoms with E-state index in [1.807, 2.05) is 32.0 Å². The molecule has 0 aliphatic heterocycles. The van der Waals surface area contributed by atoms with Crippen molar-refractivity contribution in [2.24, 2.45) is 7.05 Å². The normalized spacial score (nSPS) is 9.71. The second-order valence-corrected chi connectivity index (χ2v) is 3.19. The molecule has 2 aromatic rings. The second-order valence-electron chi connectivity index (χ2n) is 2.78. The van der Waals surface area contributed by atoms with Crippen LogP contribution in [0.15, 0.2) is 24.3 Å². The Morgan fingerprint density at radius 3 is 2.50 bits per heavy atom. The smallest absolute Gasteiger partial charge is 0.113 e. The third kappa shape index (κ3) is 1.96. The fourth-order valence-corrected chi connectivity index (χ4v) is 1.74. The zero-order valence-electron chi connectivity index (χ0n) is 8.99. The maximum atomic E-state index is 4.47. The summed E-state index contributed by atoms with van der Waals surface area (Å²) in [5, 5.41) is 0. The third-order valence-electron chi connectivity index (χ3n) is 2.06. The Morgan fingerprint density at radius 1 is 1.29 bits per heavy atom. The second kappa shape index (κ2) is 5.11. The molecule has 3 heteroatoms. The number of rotatable bonds is 1. The first kappa shape index (κ1) is 11.2. The molecule has 0 aliphatic carbocycles. The summed E-state index contributed by atoms with van der Waals surface area (Å²) in [6, 6.07) is 8.18. The van der Waals surface area contributed by atoms with Crippen LogP contribution < -0.4 is 0 Å². The van der Waals surface area contributed by atoms with Crippen LogP contribution >= 0.6 is 9.24 Å². The number of hydrogen-bond acceptors (Lipinski definition) is 1. The lowest BCUT2D eigenvalue weighted by Crippen LogP contribution is -1.93. The third-order valence-corrected chi connectivity index (χ3v) is 2.43. The van der Waals surface area contributed by atoms with E-state index in [-0.39, 0.29) is 0 Å². The summed E-state index contributed by atoms with van der Waals surface area (Å²) in [7, 11) is 4.74. The maximum absolute atomic E-state index is 4.47. The van der Waals surface area contributed by atoms with E-state index in [2.05, 4.69) is 31.9 Å². The average Bonchev–Trinajstić information content (AvgIpc) is 2.59. The summed E-state index contributed by atoms with van der Waals surface area (Å²) in [5.74, 6) is 1.11. The summed E-state index contributed by atoms with van der Waals surface area (Å²) < 4.78 is 2.13. The van der Waals surface area contributed by atoms with Gasteiger partial charge in [0, 0.05) is 13.2 Å².